The number of nitrogens with one attached hydrogen (secondary N) is 2. The van der Waals surface area contributed by atoms with Gasteiger partial charge in [0.05, 0.1) is 24.1 Å². The molecule has 0 saturated carbocycles. The van der Waals surface area contributed by atoms with E-state index in [1.807, 2.05) is 0 Å². The Morgan fingerprint density at radius 3 is 2.31 bits per heavy atom. The summed E-state index contributed by atoms with van der Waals surface area (Å²) in [7, 11) is -2.82. The maximum absolute atomic E-state index is 11.5. The van der Waals surface area contributed by atoms with Crippen molar-refractivity contribution in [2.45, 2.75) is 40.2 Å². The largest absolute Gasteiger partial charge is 0.357 e. The van der Waals surface area contributed by atoms with Crippen molar-refractivity contribution in [2.24, 2.45) is 10.9 Å². The molecule has 0 spiro atoms. The average molecular weight is 537 g/mol. The number of sulfone groups is 1. The van der Waals surface area contributed by atoms with Crippen molar-refractivity contribution in [1.82, 2.24) is 15.5 Å². The first kappa shape index (κ1) is 26.2. The van der Waals surface area contributed by atoms with Gasteiger partial charge >= 0.3 is 0 Å². The Bertz CT molecular complexity index is 722. The second kappa shape index (κ2) is 12.7. The van der Waals surface area contributed by atoms with Crippen LogP contribution in [0.5, 0.6) is 0 Å². The molecule has 166 valence electrons. The Kier molecular flexibility index (Phi) is 11.5. The van der Waals surface area contributed by atoms with Crippen molar-refractivity contribution in [2.75, 3.05) is 44.2 Å². The molecular formula is C21H37IN4O2S. The van der Waals surface area contributed by atoms with Gasteiger partial charge in [-0.3, -0.25) is 9.89 Å². The molecule has 1 aliphatic heterocycles. The van der Waals surface area contributed by atoms with Crippen LogP contribution in [0.25, 0.3) is 0 Å². The topological polar surface area (TPSA) is 73.8 Å². The van der Waals surface area contributed by atoms with E-state index in [1.165, 1.54) is 11.1 Å². The summed E-state index contributed by atoms with van der Waals surface area (Å²) in [6.45, 7) is 12.1. The Balaban J connectivity index is 0.00000420. The molecular weight excluding hydrogens is 499 g/mol. The highest BCUT2D eigenvalue weighted by Gasteiger charge is 2.20. The van der Waals surface area contributed by atoms with Gasteiger partial charge in [0, 0.05) is 26.2 Å². The maximum Gasteiger partial charge on any atom is 0.191 e. The molecule has 1 heterocycles. The predicted molar refractivity (Wildman–Crippen MR) is 133 cm³/mol. The summed E-state index contributed by atoms with van der Waals surface area (Å²) >= 11 is 0. The summed E-state index contributed by atoms with van der Waals surface area (Å²) in [5, 5.41) is 6.77. The Morgan fingerprint density at radius 1 is 1.14 bits per heavy atom. The minimum atomic E-state index is -2.82. The second-order valence-electron chi connectivity index (χ2n) is 7.96. The van der Waals surface area contributed by atoms with Crippen LogP contribution in [-0.4, -0.2) is 63.5 Å². The van der Waals surface area contributed by atoms with E-state index in [-0.39, 0.29) is 41.5 Å². The number of rotatable bonds is 8. The first-order valence-electron chi connectivity index (χ1n) is 10.4. The van der Waals surface area contributed by atoms with E-state index in [0.29, 0.717) is 25.6 Å². The van der Waals surface area contributed by atoms with Gasteiger partial charge in [-0.15, -0.1) is 24.0 Å². The van der Waals surface area contributed by atoms with Crippen LogP contribution in [0.1, 0.15) is 44.9 Å². The van der Waals surface area contributed by atoms with Crippen LogP contribution in [0.3, 0.4) is 0 Å². The quantitative estimate of drug-likeness (QED) is 0.304. The first-order chi connectivity index (χ1) is 13.3. The molecule has 8 heteroatoms. The summed E-state index contributed by atoms with van der Waals surface area (Å²) in [4.78, 5) is 6.84. The molecule has 1 aromatic carbocycles. The van der Waals surface area contributed by atoms with Gasteiger partial charge in [0.25, 0.3) is 0 Å². The fourth-order valence-electron chi connectivity index (χ4n) is 3.30. The monoisotopic (exact) mass is 536 g/mol. The zero-order chi connectivity index (χ0) is 20.6. The molecule has 6 nitrogen and oxygen atoms in total. The molecule has 2 rings (SSSR count). The molecule has 0 amide bonds. The Labute approximate surface area is 193 Å². The lowest BCUT2D eigenvalue weighted by Crippen LogP contribution is -2.42. The molecule has 1 aliphatic rings. The number of nitrogens with zero attached hydrogens (tertiary/aromatic N) is 2. The number of guanidine groups is 1. The zero-order valence-electron chi connectivity index (χ0n) is 18.1. The smallest absolute Gasteiger partial charge is 0.191 e. The van der Waals surface area contributed by atoms with Crippen molar-refractivity contribution in [3.63, 3.8) is 0 Å². The summed E-state index contributed by atoms with van der Waals surface area (Å²) in [5.41, 5.74) is 2.61. The van der Waals surface area contributed by atoms with Crippen LogP contribution in [-0.2, 0) is 16.3 Å². The lowest BCUT2D eigenvalue weighted by atomic mass is 10.00. The molecule has 1 unspecified atom stereocenters. The number of aliphatic imine (C=N–C) groups is 1. The first-order valence-corrected chi connectivity index (χ1v) is 12.2. The van der Waals surface area contributed by atoms with E-state index in [9.17, 15) is 8.42 Å². The normalized spacial score (nSPS) is 18.2. The molecule has 0 aliphatic carbocycles. The Hall–Kier alpha value is -0.870. The SMILES string of the molecule is CCNC(=NCCN1CCS(=O)(=O)CC1)NC(C)c1ccc(CC(C)C)cc1.I. The fraction of sp³-hybridized carbons (Fsp3) is 0.667. The van der Waals surface area contributed by atoms with Gasteiger partial charge in [0.2, 0.25) is 0 Å². The van der Waals surface area contributed by atoms with Crippen molar-refractivity contribution in [1.29, 1.82) is 0 Å². The fourth-order valence-corrected chi connectivity index (χ4v) is 4.58. The minimum absolute atomic E-state index is 0. The lowest BCUT2D eigenvalue weighted by molar-refractivity contribution is 0.304. The molecule has 1 saturated heterocycles. The van der Waals surface area contributed by atoms with Crippen molar-refractivity contribution in [3.8, 4) is 0 Å². The highest BCUT2D eigenvalue weighted by Crippen LogP contribution is 2.15. The molecule has 0 aromatic heterocycles. The standard InChI is InChI=1S/C21H36N4O2S.HI/c1-5-22-21(23-10-11-25-12-14-28(26,27)15-13-25)24-18(4)20-8-6-19(7-9-20)16-17(2)3;/h6-9,17-18H,5,10-16H2,1-4H3,(H2,22,23,24);1H. The summed E-state index contributed by atoms with van der Waals surface area (Å²) in [6, 6.07) is 8.95. The second-order valence-corrected chi connectivity index (χ2v) is 10.3. The van der Waals surface area contributed by atoms with E-state index in [2.05, 4.69) is 72.5 Å². The lowest BCUT2D eigenvalue weighted by Gasteiger charge is -2.26. The van der Waals surface area contributed by atoms with Gasteiger partial charge < -0.3 is 10.6 Å². The van der Waals surface area contributed by atoms with Crippen LogP contribution in [0.2, 0.25) is 0 Å². The van der Waals surface area contributed by atoms with Crippen LogP contribution in [0.15, 0.2) is 29.3 Å². The van der Waals surface area contributed by atoms with Crippen molar-refractivity contribution in [3.05, 3.63) is 35.4 Å². The van der Waals surface area contributed by atoms with Crippen LogP contribution in [0.4, 0.5) is 0 Å². The zero-order valence-corrected chi connectivity index (χ0v) is 21.3. The number of hydrogen-bond donors (Lipinski definition) is 2. The molecule has 1 fully saturated rings. The number of halogens is 1. The van der Waals surface area contributed by atoms with Crippen molar-refractivity contribution < 1.29 is 8.42 Å². The number of benzene rings is 1. The average Bonchev–Trinajstić information content (AvgIpc) is 2.63. The van der Waals surface area contributed by atoms with E-state index in [1.54, 1.807) is 0 Å². The molecule has 1 aromatic rings. The summed E-state index contributed by atoms with van der Waals surface area (Å²) < 4.78 is 23.0. The third-order valence-corrected chi connectivity index (χ3v) is 6.55. The van der Waals surface area contributed by atoms with Gasteiger partial charge in [0.1, 0.15) is 0 Å². The van der Waals surface area contributed by atoms with Gasteiger partial charge in [-0.2, -0.15) is 0 Å². The highest BCUT2D eigenvalue weighted by atomic mass is 127. The minimum Gasteiger partial charge on any atom is -0.357 e. The number of hydrogen-bond acceptors (Lipinski definition) is 4. The van der Waals surface area contributed by atoms with Gasteiger partial charge in [0.15, 0.2) is 15.8 Å². The molecule has 0 radical (unpaired) electrons. The Morgan fingerprint density at radius 2 is 1.76 bits per heavy atom. The molecule has 29 heavy (non-hydrogen) atoms. The summed E-state index contributed by atoms with van der Waals surface area (Å²) in [6.07, 6.45) is 1.10. The van der Waals surface area contributed by atoms with Gasteiger partial charge in [-0.1, -0.05) is 38.1 Å². The molecule has 0 bridgehead atoms. The summed E-state index contributed by atoms with van der Waals surface area (Å²) in [5.74, 6) is 1.98. The van der Waals surface area contributed by atoms with Crippen molar-refractivity contribution >= 4 is 39.8 Å². The third-order valence-electron chi connectivity index (χ3n) is 4.94. The maximum atomic E-state index is 11.5. The molecule has 1 atom stereocenters. The van der Waals surface area contributed by atoms with Gasteiger partial charge in [-0.05, 0) is 37.3 Å². The molecule has 2 N–H and O–H groups in total. The van der Waals surface area contributed by atoms with E-state index < -0.39 is 9.84 Å². The predicted octanol–water partition coefficient (Wildman–Crippen LogP) is 2.85. The third kappa shape index (κ3) is 9.65. The highest BCUT2D eigenvalue weighted by molar-refractivity contribution is 14.0. The van der Waals surface area contributed by atoms with Gasteiger partial charge in [-0.25, -0.2) is 8.42 Å². The van der Waals surface area contributed by atoms with E-state index >= 15 is 0 Å². The van der Waals surface area contributed by atoms with E-state index in [0.717, 1.165) is 25.5 Å². The van der Waals surface area contributed by atoms with Crippen LogP contribution < -0.4 is 10.6 Å². The van der Waals surface area contributed by atoms with Crippen LogP contribution in [0, 0.1) is 5.92 Å². The van der Waals surface area contributed by atoms with Crippen LogP contribution >= 0.6 is 24.0 Å². The van der Waals surface area contributed by atoms with E-state index in [4.69, 9.17) is 0 Å².